The Morgan fingerprint density at radius 1 is 1.32 bits per heavy atom. The quantitative estimate of drug-likeness (QED) is 0.885. The van der Waals surface area contributed by atoms with Gasteiger partial charge in [-0.25, -0.2) is 4.79 Å². The second-order valence-corrected chi connectivity index (χ2v) is 7.40. The summed E-state index contributed by atoms with van der Waals surface area (Å²) >= 11 is 0. The molecule has 0 saturated carbocycles. The molecule has 7 heteroatoms. The van der Waals surface area contributed by atoms with Gasteiger partial charge in [-0.2, -0.15) is 0 Å². The lowest BCUT2D eigenvalue weighted by atomic mass is 9.81. The standard InChI is InChI=1S/C18H26N4O3/c1-4-13-5-6-15(19-7-13)10-21-8-14-9-22(17(25)20(2)3)12-18(14,11-21)16(23)24/h5-7,14H,4,8-12H2,1-3H3,(H,23,24)/t14-,18-/m1/s1. The fraction of sp³-hybridized carbons (Fsp3) is 0.611. The number of nitrogens with zero attached hydrogens (tertiary/aromatic N) is 4. The minimum atomic E-state index is -0.866. The number of rotatable bonds is 4. The number of hydrogen-bond acceptors (Lipinski definition) is 4. The van der Waals surface area contributed by atoms with Crippen LogP contribution in [-0.2, 0) is 17.8 Å². The molecular weight excluding hydrogens is 320 g/mol. The highest BCUT2D eigenvalue weighted by molar-refractivity contribution is 5.80. The third-order valence-electron chi connectivity index (χ3n) is 5.44. The highest BCUT2D eigenvalue weighted by atomic mass is 16.4. The van der Waals surface area contributed by atoms with Gasteiger partial charge in [-0.1, -0.05) is 13.0 Å². The molecule has 0 bridgehead atoms. The maximum absolute atomic E-state index is 12.2. The fourth-order valence-electron chi connectivity index (χ4n) is 4.01. The van der Waals surface area contributed by atoms with E-state index in [4.69, 9.17) is 0 Å². The number of likely N-dealkylation sites (tertiary alicyclic amines) is 2. The molecule has 0 radical (unpaired) electrons. The van der Waals surface area contributed by atoms with E-state index in [1.165, 1.54) is 10.5 Å². The first-order chi connectivity index (χ1) is 11.9. The van der Waals surface area contributed by atoms with Gasteiger partial charge in [0.1, 0.15) is 5.41 Å². The first-order valence-electron chi connectivity index (χ1n) is 8.71. The van der Waals surface area contributed by atoms with E-state index in [2.05, 4.69) is 22.9 Å². The van der Waals surface area contributed by atoms with Crippen LogP contribution in [0, 0.1) is 11.3 Å². The van der Waals surface area contributed by atoms with Crippen LogP contribution in [0.4, 0.5) is 4.79 Å². The van der Waals surface area contributed by atoms with Gasteiger partial charge in [-0.15, -0.1) is 0 Å². The van der Waals surface area contributed by atoms with Crippen molar-refractivity contribution < 1.29 is 14.7 Å². The molecule has 0 unspecified atom stereocenters. The van der Waals surface area contributed by atoms with Crippen LogP contribution < -0.4 is 0 Å². The Balaban J connectivity index is 1.71. The Kier molecular flexibility index (Phi) is 4.69. The molecule has 0 aromatic carbocycles. The second kappa shape index (κ2) is 6.63. The summed E-state index contributed by atoms with van der Waals surface area (Å²) in [5.41, 5.74) is 1.29. The summed E-state index contributed by atoms with van der Waals surface area (Å²) in [6.45, 7) is 4.67. The van der Waals surface area contributed by atoms with Gasteiger partial charge in [0.25, 0.3) is 0 Å². The first kappa shape index (κ1) is 17.7. The molecule has 0 spiro atoms. The molecule has 1 N–H and O–H groups in total. The molecule has 2 saturated heterocycles. The molecular formula is C18H26N4O3. The number of hydrogen-bond donors (Lipinski definition) is 1. The number of urea groups is 1. The maximum Gasteiger partial charge on any atom is 0.319 e. The van der Waals surface area contributed by atoms with Crippen molar-refractivity contribution in [1.82, 2.24) is 19.7 Å². The van der Waals surface area contributed by atoms with Gasteiger partial charge >= 0.3 is 12.0 Å². The zero-order chi connectivity index (χ0) is 18.2. The molecule has 2 amide bonds. The third-order valence-corrected chi connectivity index (χ3v) is 5.44. The summed E-state index contributed by atoms with van der Waals surface area (Å²) in [4.78, 5) is 34.1. The fourth-order valence-corrected chi connectivity index (χ4v) is 4.01. The highest BCUT2D eigenvalue weighted by Crippen LogP contribution is 2.43. The third kappa shape index (κ3) is 3.20. The summed E-state index contributed by atoms with van der Waals surface area (Å²) in [6.07, 6.45) is 2.84. The Bertz CT molecular complexity index is 661. The van der Waals surface area contributed by atoms with Crippen LogP contribution in [0.3, 0.4) is 0 Å². The van der Waals surface area contributed by atoms with Gasteiger partial charge in [-0.05, 0) is 18.1 Å². The zero-order valence-electron chi connectivity index (χ0n) is 15.1. The molecule has 136 valence electrons. The Hall–Kier alpha value is -2.15. The molecule has 25 heavy (non-hydrogen) atoms. The number of carbonyl (C=O) groups excluding carboxylic acids is 1. The van der Waals surface area contributed by atoms with Crippen LogP contribution in [-0.4, -0.2) is 77.1 Å². The summed E-state index contributed by atoms with van der Waals surface area (Å²) in [7, 11) is 3.39. The van der Waals surface area contributed by atoms with Crippen molar-refractivity contribution in [3.05, 3.63) is 29.6 Å². The van der Waals surface area contributed by atoms with Gasteiger partial charge < -0.3 is 14.9 Å². The Morgan fingerprint density at radius 2 is 2.08 bits per heavy atom. The van der Waals surface area contributed by atoms with Crippen molar-refractivity contribution in [3.63, 3.8) is 0 Å². The number of amides is 2. The van der Waals surface area contributed by atoms with Crippen molar-refractivity contribution >= 4 is 12.0 Å². The van der Waals surface area contributed by atoms with Crippen LogP contribution in [0.1, 0.15) is 18.2 Å². The lowest BCUT2D eigenvalue weighted by Gasteiger charge is -2.27. The van der Waals surface area contributed by atoms with E-state index >= 15 is 0 Å². The maximum atomic E-state index is 12.2. The van der Waals surface area contributed by atoms with E-state index in [1.807, 2.05) is 12.3 Å². The molecule has 2 aliphatic heterocycles. The van der Waals surface area contributed by atoms with Crippen molar-refractivity contribution in [2.45, 2.75) is 19.9 Å². The van der Waals surface area contributed by atoms with Crippen LogP contribution in [0.2, 0.25) is 0 Å². The van der Waals surface area contributed by atoms with Crippen molar-refractivity contribution in [2.24, 2.45) is 11.3 Å². The monoisotopic (exact) mass is 346 g/mol. The number of pyridine rings is 1. The molecule has 2 atom stereocenters. The van der Waals surface area contributed by atoms with Crippen LogP contribution in [0.5, 0.6) is 0 Å². The molecule has 3 rings (SSSR count). The lowest BCUT2D eigenvalue weighted by molar-refractivity contribution is -0.148. The van der Waals surface area contributed by atoms with Gasteiger partial charge in [0.05, 0.1) is 5.69 Å². The predicted octanol–water partition coefficient (Wildman–Crippen LogP) is 1.14. The van der Waals surface area contributed by atoms with Crippen molar-refractivity contribution in [1.29, 1.82) is 0 Å². The topological polar surface area (TPSA) is 77.0 Å². The minimum Gasteiger partial charge on any atom is -0.481 e. The minimum absolute atomic E-state index is 0.0381. The number of aromatic nitrogens is 1. The van der Waals surface area contributed by atoms with E-state index in [0.717, 1.165) is 12.1 Å². The summed E-state index contributed by atoms with van der Waals surface area (Å²) in [5.74, 6) is -0.841. The van der Waals surface area contributed by atoms with Gasteiger partial charge in [-0.3, -0.25) is 14.7 Å². The number of aryl methyl sites for hydroxylation is 1. The Morgan fingerprint density at radius 3 is 2.60 bits per heavy atom. The predicted molar refractivity (Wildman–Crippen MR) is 93.1 cm³/mol. The number of carboxylic acids is 1. The zero-order valence-corrected chi connectivity index (χ0v) is 15.1. The van der Waals surface area contributed by atoms with E-state index in [1.54, 1.807) is 19.0 Å². The second-order valence-electron chi connectivity index (χ2n) is 7.40. The van der Waals surface area contributed by atoms with Gasteiger partial charge in [0, 0.05) is 58.9 Å². The highest BCUT2D eigenvalue weighted by Gasteiger charge is 2.58. The van der Waals surface area contributed by atoms with E-state index in [9.17, 15) is 14.7 Å². The lowest BCUT2D eigenvalue weighted by Crippen LogP contribution is -2.44. The van der Waals surface area contributed by atoms with Crippen LogP contribution in [0.15, 0.2) is 18.3 Å². The average molecular weight is 346 g/mol. The van der Waals surface area contributed by atoms with E-state index < -0.39 is 11.4 Å². The molecule has 3 heterocycles. The average Bonchev–Trinajstić information content (AvgIpc) is 3.09. The molecule has 0 aliphatic carbocycles. The SMILES string of the molecule is CCc1ccc(CN2C[C@@H]3CN(C(=O)N(C)C)C[C@]3(C(=O)O)C2)nc1. The van der Waals surface area contributed by atoms with Gasteiger partial charge in [0.15, 0.2) is 0 Å². The van der Waals surface area contributed by atoms with Gasteiger partial charge in [0.2, 0.25) is 0 Å². The number of fused-ring (bicyclic) bond motifs is 1. The number of carboxylic acid groups (broad SMARTS) is 1. The molecule has 2 fully saturated rings. The smallest absolute Gasteiger partial charge is 0.319 e. The first-order valence-corrected chi connectivity index (χ1v) is 8.71. The molecule has 2 aliphatic rings. The normalized spacial score (nSPS) is 25.9. The van der Waals surface area contributed by atoms with E-state index in [-0.39, 0.29) is 18.5 Å². The molecule has 7 nitrogen and oxygen atoms in total. The van der Waals surface area contributed by atoms with E-state index in [0.29, 0.717) is 26.2 Å². The summed E-state index contributed by atoms with van der Waals surface area (Å²) in [6, 6.07) is 3.98. The number of carbonyl (C=O) groups is 2. The van der Waals surface area contributed by atoms with Crippen molar-refractivity contribution in [3.8, 4) is 0 Å². The van der Waals surface area contributed by atoms with Crippen LogP contribution in [0.25, 0.3) is 0 Å². The summed E-state index contributed by atoms with van der Waals surface area (Å²) < 4.78 is 0. The largest absolute Gasteiger partial charge is 0.481 e. The Labute approximate surface area is 148 Å². The molecule has 1 aromatic rings. The number of aliphatic carboxylic acids is 1. The molecule has 1 aromatic heterocycles. The van der Waals surface area contributed by atoms with Crippen molar-refractivity contribution in [2.75, 3.05) is 40.3 Å². The van der Waals surface area contributed by atoms with Crippen LogP contribution >= 0.6 is 0 Å². The summed E-state index contributed by atoms with van der Waals surface area (Å²) in [5, 5.41) is 9.87.